The summed E-state index contributed by atoms with van der Waals surface area (Å²) in [6.07, 6.45) is 0.901. The van der Waals surface area contributed by atoms with E-state index in [0.717, 1.165) is 30.0 Å². The summed E-state index contributed by atoms with van der Waals surface area (Å²) in [5.41, 5.74) is 2.12. The molecule has 1 aromatic carbocycles. The maximum atomic E-state index is 5.27. The highest BCUT2D eigenvalue weighted by Gasteiger charge is 2.11. The molecule has 24 heavy (non-hydrogen) atoms. The number of nitrogens with one attached hydrogen (secondary N) is 1. The van der Waals surface area contributed by atoms with Crippen LogP contribution >= 0.6 is 0 Å². The molecule has 1 aromatic rings. The van der Waals surface area contributed by atoms with Crippen LogP contribution in [0.25, 0.3) is 0 Å². The first-order chi connectivity index (χ1) is 11.3. The van der Waals surface area contributed by atoms with E-state index in [1.807, 2.05) is 43.2 Å². The maximum Gasteiger partial charge on any atom is 0.120 e. The number of rotatable bonds is 10. The molecule has 134 valence electrons. The summed E-state index contributed by atoms with van der Waals surface area (Å²) in [4.78, 5) is 0. The molecule has 0 heterocycles. The minimum absolute atomic E-state index is 0.178. The van der Waals surface area contributed by atoms with Crippen molar-refractivity contribution in [3.05, 3.63) is 36.4 Å². The largest absolute Gasteiger partial charge is 0.497 e. The van der Waals surface area contributed by atoms with Crippen molar-refractivity contribution in [3.63, 3.8) is 0 Å². The normalized spacial score (nSPS) is 13.8. The smallest absolute Gasteiger partial charge is 0.120 e. The molecule has 0 spiro atoms. The molecule has 0 aliphatic carbocycles. The molecule has 0 amide bonds. The fraction of sp³-hybridized carbons (Fsp3) is 0.579. The number of methoxy groups -OCH3 is 1. The second-order valence-electron chi connectivity index (χ2n) is 6.63. The maximum absolute atomic E-state index is 5.27. The quantitative estimate of drug-likeness (QED) is 0.381. The van der Waals surface area contributed by atoms with Gasteiger partial charge in [0.25, 0.3) is 0 Å². The van der Waals surface area contributed by atoms with Crippen LogP contribution in [0.3, 0.4) is 0 Å². The Morgan fingerprint density at radius 3 is 2.62 bits per heavy atom. The minimum Gasteiger partial charge on any atom is -0.497 e. The Bertz CT molecular complexity index is 542. The summed E-state index contributed by atoms with van der Waals surface area (Å²) in [5.74, 6) is 1.34. The van der Waals surface area contributed by atoms with E-state index in [1.165, 1.54) is 0 Å². The Morgan fingerprint density at radius 2 is 2.04 bits per heavy atom. The Kier molecular flexibility index (Phi) is 8.30. The van der Waals surface area contributed by atoms with Crippen molar-refractivity contribution in [3.8, 4) is 5.75 Å². The van der Waals surface area contributed by atoms with E-state index in [0.29, 0.717) is 5.92 Å². The predicted octanol–water partition coefficient (Wildman–Crippen LogP) is 4.79. The van der Waals surface area contributed by atoms with Gasteiger partial charge in [-0.05, 0) is 38.3 Å². The van der Waals surface area contributed by atoms with Gasteiger partial charge < -0.3 is 10.1 Å². The fourth-order valence-corrected chi connectivity index (χ4v) is 2.02. The van der Waals surface area contributed by atoms with Crippen LogP contribution in [0.2, 0.25) is 0 Å². The van der Waals surface area contributed by atoms with Crippen LogP contribution in [0, 0.1) is 5.92 Å². The van der Waals surface area contributed by atoms with Crippen molar-refractivity contribution in [1.82, 2.24) is 5.01 Å². The van der Waals surface area contributed by atoms with Crippen LogP contribution in [-0.2, 0) is 0 Å². The van der Waals surface area contributed by atoms with E-state index in [9.17, 15) is 0 Å². The molecule has 5 heteroatoms. The van der Waals surface area contributed by atoms with Crippen LogP contribution in [0.1, 0.15) is 34.1 Å². The number of benzene rings is 1. The van der Waals surface area contributed by atoms with E-state index < -0.39 is 0 Å². The van der Waals surface area contributed by atoms with Crippen molar-refractivity contribution in [1.29, 1.82) is 0 Å². The second-order valence-corrected chi connectivity index (χ2v) is 6.63. The summed E-state index contributed by atoms with van der Waals surface area (Å²) in [5, 5.41) is 14.0. The first-order valence-electron chi connectivity index (χ1n) is 8.51. The molecule has 5 nitrogen and oxygen atoms in total. The van der Waals surface area contributed by atoms with Gasteiger partial charge in [-0.3, -0.25) is 5.01 Å². The summed E-state index contributed by atoms with van der Waals surface area (Å²) in [6, 6.07) is 8.35. The number of hydrogen-bond donors (Lipinski definition) is 1. The lowest BCUT2D eigenvalue weighted by molar-refractivity contribution is 0.304. The first kappa shape index (κ1) is 20.0. The monoisotopic (exact) mass is 332 g/mol. The van der Waals surface area contributed by atoms with Gasteiger partial charge in [0.15, 0.2) is 0 Å². The highest BCUT2D eigenvalue weighted by Crippen LogP contribution is 2.20. The van der Waals surface area contributed by atoms with E-state index in [4.69, 9.17) is 4.74 Å². The van der Waals surface area contributed by atoms with Gasteiger partial charge in [0.1, 0.15) is 5.75 Å². The molecule has 1 rings (SSSR count). The number of anilines is 1. The van der Waals surface area contributed by atoms with Gasteiger partial charge in [0.05, 0.1) is 13.2 Å². The van der Waals surface area contributed by atoms with Crippen LogP contribution in [-0.4, -0.2) is 37.8 Å². The Morgan fingerprint density at radius 1 is 1.33 bits per heavy atom. The molecule has 1 unspecified atom stereocenters. The molecule has 0 fully saturated rings. The zero-order chi connectivity index (χ0) is 18.1. The molecule has 0 radical (unpaired) electrons. The van der Waals surface area contributed by atoms with Gasteiger partial charge in [-0.25, -0.2) is 0 Å². The molecule has 2 atom stereocenters. The molecule has 0 aliphatic heterocycles. The van der Waals surface area contributed by atoms with Crippen molar-refractivity contribution < 1.29 is 4.74 Å². The summed E-state index contributed by atoms with van der Waals surface area (Å²) in [6.45, 7) is 13.3. The van der Waals surface area contributed by atoms with Gasteiger partial charge in [0, 0.05) is 31.4 Å². The van der Waals surface area contributed by atoms with Crippen LogP contribution < -0.4 is 10.1 Å². The lowest BCUT2D eigenvalue weighted by Crippen LogP contribution is -2.26. The number of nitrogens with zero attached hydrogens (tertiary/aromatic N) is 3. The first-order valence-corrected chi connectivity index (χ1v) is 8.51. The Balaban J connectivity index is 2.58. The molecule has 0 saturated carbocycles. The predicted molar refractivity (Wildman–Crippen MR) is 102 cm³/mol. The van der Waals surface area contributed by atoms with E-state index in [1.54, 1.807) is 7.11 Å². The zero-order valence-corrected chi connectivity index (χ0v) is 15.9. The molecular weight excluding hydrogens is 300 g/mol. The Hall–Kier alpha value is -2.04. The molecule has 1 N–H and O–H groups in total. The number of hydrogen-bond acceptors (Lipinski definition) is 4. The summed E-state index contributed by atoms with van der Waals surface area (Å²) in [7, 11) is 3.63. The van der Waals surface area contributed by atoms with Gasteiger partial charge >= 0.3 is 0 Å². The average Bonchev–Trinajstić information content (AvgIpc) is 2.56. The number of ether oxygens (including phenoxy) is 1. The van der Waals surface area contributed by atoms with Crippen LogP contribution in [0.4, 0.5) is 5.69 Å². The van der Waals surface area contributed by atoms with E-state index >= 15 is 0 Å². The topological polar surface area (TPSA) is 49.2 Å². The highest BCUT2D eigenvalue weighted by molar-refractivity contribution is 5.50. The summed E-state index contributed by atoms with van der Waals surface area (Å²) < 4.78 is 5.27. The fourth-order valence-electron chi connectivity index (χ4n) is 2.02. The SMILES string of the molecule is C=C(C)C(CCN(C)N=N[C@@H](C)C(C)C)Nc1cccc(OC)c1. The zero-order valence-electron chi connectivity index (χ0n) is 15.9. The second kappa shape index (κ2) is 9.96. The van der Waals surface area contributed by atoms with Crippen molar-refractivity contribution >= 4 is 5.69 Å². The van der Waals surface area contributed by atoms with E-state index in [-0.39, 0.29) is 12.1 Å². The third-order valence-electron chi connectivity index (χ3n) is 4.10. The highest BCUT2D eigenvalue weighted by atomic mass is 16.5. The lowest BCUT2D eigenvalue weighted by atomic mass is 10.1. The molecular formula is C19H32N4O. The molecule has 0 aliphatic rings. The molecule has 0 aromatic heterocycles. The van der Waals surface area contributed by atoms with Crippen molar-refractivity contribution in [2.24, 2.45) is 16.3 Å². The van der Waals surface area contributed by atoms with E-state index in [2.05, 4.69) is 43.0 Å². The molecule has 0 bridgehead atoms. The van der Waals surface area contributed by atoms with Crippen LogP contribution in [0.15, 0.2) is 46.8 Å². The molecule has 0 saturated heterocycles. The van der Waals surface area contributed by atoms with Gasteiger partial charge in [-0.1, -0.05) is 37.3 Å². The summed E-state index contributed by atoms with van der Waals surface area (Å²) >= 11 is 0. The average molecular weight is 332 g/mol. The minimum atomic E-state index is 0.178. The third kappa shape index (κ3) is 7.02. The van der Waals surface area contributed by atoms with Crippen molar-refractivity contribution in [2.75, 3.05) is 26.0 Å². The van der Waals surface area contributed by atoms with Gasteiger partial charge in [-0.2, -0.15) is 5.11 Å². The van der Waals surface area contributed by atoms with Gasteiger partial charge in [-0.15, -0.1) is 0 Å². The third-order valence-corrected chi connectivity index (χ3v) is 4.10. The Labute approximate surface area is 146 Å². The van der Waals surface area contributed by atoms with Crippen molar-refractivity contribution in [2.45, 2.75) is 46.2 Å². The lowest BCUT2D eigenvalue weighted by Gasteiger charge is -2.22. The van der Waals surface area contributed by atoms with Gasteiger partial charge in [0.2, 0.25) is 0 Å². The standard InChI is InChI=1S/C19H32N4O/c1-14(2)16(5)21-22-23(6)12-11-19(15(3)4)20-17-9-8-10-18(13-17)24-7/h8-10,13-14,16,19-20H,3,11-12H2,1-2,4-7H3/t16-,19?/m0/s1. The van der Waals surface area contributed by atoms with Crippen LogP contribution in [0.5, 0.6) is 5.75 Å².